The molecule has 0 bridgehead atoms. The SMILES string of the molecule is CCCCCCCCCCCCCCCCC(CC)(CCCCCCCCCCCCCCCC)C(C)N. The molecule has 1 nitrogen and oxygen atoms in total. The first kappa shape index (κ1) is 38.0. The zero-order chi connectivity index (χ0) is 28.0. The Morgan fingerprint density at radius 2 is 0.579 bits per heavy atom. The molecule has 0 rings (SSSR count). The molecular formula is C37H77N. The van der Waals surface area contributed by atoms with Gasteiger partial charge in [-0.25, -0.2) is 0 Å². The van der Waals surface area contributed by atoms with Gasteiger partial charge in [-0.05, 0) is 31.6 Å². The van der Waals surface area contributed by atoms with Crippen LogP contribution in [0.1, 0.15) is 227 Å². The van der Waals surface area contributed by atoms with E-state index in [9.17, 15) is 0 Å². The lowest BCUT2D eigenvalue weighted by Crippen LogP contribution is -2.39. The third-order valence-corrected chi connectivity index (χ3v) is 9.73. The van der Waals surface area contributed by atoms with E-state index in [-0.39, 0.29) is 0 Å². The normalized spacial score (nSPS) is 12.9. The van der Waals surface area contributed by atoms with Crippen LogP contribution in [0.15, 0.2) is 0 Å². The van der Waals surface area contributed by atoms with Crippen molar-refractivity contribution in [3.8, 4) is 0 Å². The largest absolute Gasteiger partial charge is 0.327 e. The van der Waals surface area contributed by atoms with Crippen molar-refractivity contribution >= 4 is 0 Å². The number of hydrogen-bond donors (Lipinski definition) is 1. The summed E-state index contributed by atoms with van der Waals surface area (Å²) in [7, 11) is 0. The molecule has 38 heavy (non-hydrogen) atoms. The molecule has 0 saturated heterocycles. The second-order valence-electron chi connectivity index (χ2n) is 13.2. The molecule has 0 aliphatic rings. The van der Waals surface area contributed by atoms with Crippen LogP contribution in [-0.2, 0) is 0 Å². The number of rotatable bonds is 32. The van der Waals surface area contributed by atoms with Crippen LogP contribution < -0.4 is 5.73 Å². The maximum atomic E-state index is 6.59. The van der Waals surface area contributed by atoms with Gasteiger partial charge in [-0.2, -0.15) is 0 Å². The van der Waals surface area contributed by atoms with E-state index in [1.165, 1.54) is 199 Å². The summed E-state index contributed by atoms with van der Waals surface area (Å²) in [6.45, 7) is 9.30. The fraction of sp³-hybridized carbons (Fsp3) is 1.00. The van der Waals surface area contributed by atoms with Gasteiger partial charge in [-0.3, -0.25) is 0 Å². The molecule has 0 aromatic heterocycles. The fourth-order valence-electron chi connectivity index (χ4n) is 6.60. The summed E-state index contributed by atoms with van der Waals surface area (Å²) in [5, 5.41) is 0. The maximum Gasteiger partial charge on any atom is 0.00669 e. The minimum atomic E-state index is 0.344. The predicted octanol–water partition coefficient (Wildman–Crippen LogP) is 13.5. The lowest BCUT2D eigenvalue weighted by Gasteiger charge is -2.37. The van der Waals surface area contributed by atoms with Crippen LogP contribution in [-0.4, -0.2) is 6.04 Å². The van der Waals surface area contributed by atoms with Crippen molar-refractivity contribution in [2.75, 3.05) is 0 Å². The van der Waals surface area contributed by atoms with Gasteiger partial charge in [0.15, 0.2) is 0 Å². The van der Waals surface area contributed by atoms with Crippen molar-refractivity contribution in [2.45, 2.75) is 233 Å². The van der Waals surface area contributed by atoms with Crippen molar-refractivity contribution in [3.63, 3.8) is 0 Å². The van der Waals surface area contributed by atoms with Gasteiger partial charge in [0.1, 0.15) is 0 Å². The Hall–Kier alpha value is -0.0400. The highest BCUT2D eigenvalue weighted by molar-refractivity contribution is 4.85. The topological polar surface area (TPSA) is 26.0 Å². The van der Waals surface area contributed by atoms with E-state index in [1.807, 2.05) is 0 Å². The molecule has 0 radical (unpaired) electrons. The first-order valence-electron chi connectivity index (χ1n) is 18.4. The summed E-state index contributed by atoms with van der Waals surface area (Å²) in [4.78, 5) is 0. The zero-order valence-electron chi connectivity index (χ0n) is 27.6. The molecule has 230 valence electrons. The first-order chi connectivity index (χ1) is 18.6. The van der Waals surface area contributed by atoms with Crippen molar-refractivity contribution in [1.29, 1.82) is 0 Å². The molecule has 1 heteroatoms. The quantitative estimate of drug-likeness (QED) is 0.0851. The standard InChI is InChI=1S/C37H77N/c1-5-8-10-12-14-16-18-20-22-24-26-28-30-32-34-37(7-3,36(4)38)35-33-31-29-27-25-23-21-19-17-15-13-11-9-6-2/h36H,5-35,38H2,1-4H3. The van der Waals surface area contributed by atoms with E-state index in [0.29, 0.717) is 11.5 Å². The monoisotopic (exact) mass is 536 g/mol. The maximum absolute atomic E-state index is 6.59. The molecule has 0 heterocycles. The molecule has 0 fully saturated rings. The van der Waals surface area contributed by atoms with Gasteiger partial charge >= 0.3 is 0 Å². The molecule has 0 aromatic carbocycles. The van der Waals surface area contributed by atoms with E-state index >= 15 is 0 Å². The van der Waals surface area contributed by atoms with Gasteiger partial charge in [-0.15, -0.1) is 0 Å². The molecule has 1 unspecified atom stereocenters. The van der Waals surface area contributed by atoms with Gasteiger partial charge < -0.3 is 5.73 Å². The van der Waals surface area contributed by atoms with Crippen LogP contribution in [0.2, 0.25) is 0 Å². The van der Waals surface area contributed by atoms with E-state index in [1.54, 1.807) is 0 Å². The molecule has 0 aliphatic heterocycles. The van der Waals surface area contributed by atoms with Crippen molar-refractivity contribution < 1.29 is 0 Å². The van der Waals surface area contributed by atoms with Crippen LogP contribution in [0, 0.1) is 5.41 Å². The van der Waals surface area contributed by atoms with E-state index in [4.69, 9.17) is 5.73 Å². The smallest absolute Gasteiger partial charge is 0.00669 e. The van der Waals surface area contributed by atoms with Crippen LogP contribution >= 0.6 is 0 Å². The fourth-order valence-corrected chi connectivity index (χ4v) is 6.60. The molecule has 0 spiro atoms. The van der Waals surface area contributed by atoms with Crippen LogP contribution in [0.5, 0.6) is 0 Å². The number of unbranched alkanes of at least 4 members (excludes halogenated alkanes) is 26. The highest BCUT2D eigenvalue weighted by atomic mass is 14.7. The Labute approximate surface area is 243 Å². The van der Waals surface area contributed by atoms with Crippen molar-refractivity contribution in [1.82, 2.24) is 0 Å². The number of nitrogens with two attached hydrogens (primary N) is 1. The van der Waals surface area contributed by atoms with Crippen molar-refractivity contribution in [2.24, 2.45) is 11.1 Å². The Morgan fingerprint density at radius 3 is 0.763 bits per heavy atom. The minimum Gasteiger partial charge on any atom is -0.327 e. The molecule has 0 aromatic rings. The molecule has 1 atom stereocenters. The lowest BCUT2D eigenvalue weighted by molar-refractivity contribution is 0.172. The van der Waals surface area contributed by atoms with Gasteiger partial charge in [0.2, 0.25) is 0 Å². The third-order valence-electron chi connectivity index (χ3n) is 9.73. The second-order valence-corrected chi connectivity index (χ2v) is 13.2. The lowest BCUT2D eigenvalue weighted by atomic mass is 9.71. The summed E-state index contributed by atoms with van der Waals surface area (Å²) >= 11 is 0. The van der Waals surface area contributed by atoms with E-state index in [2.05, 4.69) is 27.7 Å². The summed E-state index contributed by atoms with van der Waals surface area (Å²) in [6.07, 6.45) is 44.5. The summed E-state index contributed by atoms with van der Waals surface area (Å²) in [5.41, 5.74) is 6.99. The molecular weight excluding hydrogens is 458 g/mol. The van der Waals surface area contributed by atoms with Crippen LogP contribution in [0.3, 0.4) is 0 Å². The highest BCUT2D eigenvalue weighted by Gasteiger charge is 2.31. The Kier molecular flexibility index (Phi) is 29.9. The van der Waals surface area contributed by atoms with Gasteiger partial charge in [0, 0.05) is 6.04 Å². The second kappa shape index (κ2) is 29.9. The third kappa shape index (κ3) is 23.8. The van der Waals surface area contributed by atoms with Gasteiger partial charge in [-0.1, -0.05) is 201 Å². The molecule has 0 saturated carbocycles. The van der Waals surface area contributed by atoms with Crippen LogP contribution in [0.25, 0.3) is 0 Å². The molecule has 0 aliphatic carbocycles. The highest BCUT2D eigenvalue weighted by Crippen LogP contribution is 2.38. The number of hydrogen-bond acceptors (Lipinski definition) is 1. The van der Waals surface area contributed by atoms with Gasteiger partial charge in [0.25, 0.3) is 0 Å². The van der Waals surface area contributed by atoms with Crippen LogP contribution in [0.4, 0.5) is 0 Å². The summed E-state index contributed by atoms with van der Waals surface area (Å²) < 4.78 is 0. The Bertz CT molecular complexity index is 396. The average molecular weight is 536 g/mol. The summed E-state index contributed by atoms with van der Waals surface area (Å²) in [6, 6.07) is 0.344. The van der Waals surface area contributed by atoms with Crippen molar-refractivity contribution in [3.05, 3.63) is 0 Å². The Balaban J connectivity index is 3.68. The molecule has 2 N–H and O–H groups in total. The molecule has 0 amide bonds. The average Bonchev–Trinajstić information content (AvgIpc) is 2.92. The predicted molar refractivity (Wildman–Crippen MR) is 176 cm³/mol. The minimum absolute atomic E-state index is 0.344. The first-order valence-corrected chi connectivity index (χ1v) is 18.4. The summed E-state index contributed by atoms with van der Waals surface area (Å²) in [5.74, 6) is 0. The van der Waals surface area contributed by atoms with Gasteiger partial charge in [0.05, 0.1) is 0 Å². The zero-order valence-corrected chi connectivity index (χ0v) is 27.6. The van der Waals surface area contributed by atoms with E-state index in [0.717, 1.165) is 0 Å². The van der Waals surface area contributed by atoms with E-state index < -0.39 is 0 Å². The Morgan fingerprint density at radius 1 is 0.368 bits per heavy atom.